The number of imide groups is 1. The first kappa shape index (κ1) is 39.4. The maximum atomic E-state index is 15.2. The van der Waals surface area contributed by atoms with Gasteiger partial charge in [-0.25, -0.2) is 23.5 Å². The number of nitrogens with one attached hydrogen (secondary N) is 3. The van der Waals surface area contributed by atoms with Gasteiger partial charge in [0.25, 0.3) is 0 Å². The number of carbonyl (C=O) groups excluding carboxylic acids is 4. The summed E-state index contributed by atoms with van der Waals surface area (Å²) < 4.78 is 35.3. The van der Waals surface area contributed by atoms with Crippen molar-refractivity contribution in [2.45, 2.75) is 69.9 Å². The highest BCUT2D eigenvalue weighted by atomic mass is 19.1. The topological polar surface area (TPSA) is 152 Å². The predicted molar refractivity (Wildman–Crippen MR) is 214 cm³/mol. The van der Waals surface area contributed by atoms with Gasteiger partial charge in [0.1, 0.15) is 17.6 Å². The van der Waals surface area contributed by atoms with Crippen LogP contribution in [0.5, 0.6) is 0 Å². The molecule has 0 spiro atoms. The SMILES string of the molecule is O=C1CCC(Nc2ccc(N3CCN(CC4CCN(C(=O)[C@H]5CC[C@H](Nc6ncc(F)c(-c7cccc(N8CCCOC8=O)c7)n6)CC5)CC4)CC3)c(F)c2)C(=O)N1. The predicted octanol–water partition coefficient (Wildman–Crippen LogP) is 5.02. The van der Waals surface area contributed by atoms with E-state index in [2.05, 4.69) is 35.7 Å². The van der Waals surface area contributed by atoms with E-state index in [1.54, 1.807) is 41.3 Å². The number of hydrogen-bond acceptors (Lipinski definition) is 11. The Bertz CT molecular complexity index is 2000. The number of carbonyl (C=O) groups is 4. The number of piperidine rings is 2. The molecule has 1 saturated carbocycles. The number of likely N-dealkylation sites (tertiary alicyclic amines) is 1. The summed E-state index contributed by atoms with van der Waals surface area (Å²) in [6, 6.07) is 11.5. The Hall–Kier alpha value is -5.38. The Morgan fingerprint density at radius 3 is 2.40 bits per heavy atom. The number of rotatable bonds is 10. The molecule has 308 valence electrons. The number of aromatic nitrogens is 2. The van der Waals surface area contributed by atoms with Crippen molar-refractivity contribution in [1.82, 2.24) is 25.1 Å². The Morgan fingerprint density at radius 2 is 1.66 bits per heavy atom. The summed E-state index contributed by atoms with van der Waals surface area (Å²) in [6.07, 6.45) is 7.15. The van der Waals surface area contributed by atoms with E-state index >= 15 is 4.39 Å². The molecule has 1 unspecified atom stereocenters. The van der Waals surface area contributed by atoms with Gasteiger partial charge in [-0.05, 0) is 87.6 Å². The molecule has 5 fully saturated rings. The highest BCUT2D eigenvalue weighted by Gasteiger charge is 2.33. The van der Waals surface area contributed by atoms with Crippen LogP contribution in [0.15, 0.2) is 48.7 Å². The number of hydrogen-bond donors (Lipinski definition) is 3. The van der Waals surface area contributed by atoms with Crippen molar-refractivity contribution in [2.75, 3.05) is 79.4 Å². The molecule has 8 rings (SSSR count). The lowest BCUT2D eigenvalue weighted by Gasteiger charge is -2.40. The van der Waals surface area contributed by atoms with Gasteiger partial charge in [-0.15, -0.1) is 0 Å². The maximum absolute atomic E-state index is 15.2. The first-order chi connectivity index (χ1) is 28.2. The largest absolute Gasteiger partial charge is 0.449 e. The van der Waals surface area contributed by atoms with Crippen molar-refractivity contribution < 1.29 is 32.7 Å². The number of benzene rings is 2. The second-order valence-corrected chi connectivity index (χ2v) is 16.1. The Kier molecular flexibility index (Phi) is 12.0. The van der Waals surface area contributed by atoms with E-state index in [1.807, 2.05) is 4.90 Å². The van der Waals surface area contributed by atoms with Gasteiger partial charge in [0.15, 0.2) is 5.82 Å². The van der Waals surface area contributed by atoms with Crippen LogP contribution in [0.4, 0.5) is 36.6 Å². The summed E-state index contributed by atoms with van der Waals surface area (Å²) in [6.45, 7) is 6.51. The lowest BCUT2D eigenvalue weighted by atomic mass is 9.84. The van der Waals surface area contributed by atoms with E-state index in [-0.39, 0.29) is 47.6 Å². The van der Waals surface area contributed by atoms with Crippen molar-refractivity contribution in [2.24, 2.45) is 11.8 Å². The Balaban J connectivity index is 0.755. The highest BCUT2D eigenvalue weighted by Crippen LogP contribution is 2.32. The fraction of sp³-hybridized carbons (Fsp3) is 0.524. The molecule has 4 saturated heterocycles. The van der Waals surface area contributed by atoms with Crippen LogP contribution in [-0.2, 0) is 19.1 Å². The zero-order valence-corrected chi connectivity index (χ0v) is 32.6. The van der Waals surface area contributed by atoms with Crippen LogP contribution >= 0.6 is 0 Å². The molecular formula is C42H51F2N9O5. The monoisotopic (exact) mass is 799 g/mol. The quantitative estimate of drug-likeness (QED) is 0.237. The van der Waals surface area contributed by atoms with Gasteiger partial charge in [0, 0.05) is 87.7 Å². The van der Waals surface area contributed by atoms with E-state index in [9.17, 15) is 23.6 Å². The summed E-state index contributed by atoms with van der Waals surface area (Å²) >= 11 is 0. The molecule has 2 aromatic carbocycles. The van der Waals surface area contributed by atoms with Crippen LogP contribution in [0.2, 0.25) is 0 Å². The van der Waals surface area contributed by atoms with E-state index in [4.69, 9.17) is 4.74 Å². The van der Waals surface area contributed by atoms with Gasteiger partial charge in [-0.1, -0.05) is 12.1 Å². The maximum Gasteiger partial charge on any atom is 0.414 e. The molecular weight excluding hydrogens is 749 g/mol. The molecule has 16 heteroatoms. The number of cyclic esters (lactones) is 1. The first-order valence-corrected chi connectivity index (χ1v) is 20.7. The average molecular weight is 800 g/mol. The minimum Gasteiger partial charge on any atom is -0.449 e. The van der Waals surface area contributed by atoms with Crippen molar-refractivity contribution in [1.29, 1.82) is 0 Å². The van der Waals surface area contributed by atoms with Crippen LogP contribution in [0, 0.1) is 23.5 Å². The number of anilines is 4. The molecule has 4 aliphatic heterocycles. The molecule has 5 heterocycles. The van der Waals surface area contributed by atoms with Gasteiger partial charge >= 0.3 is 6.09 Å². The normalized spacial score (nSPS) is 23.7. The highest BCUT2D eigenvalue weighted by molar-refractivity contribution is 6.01. The molecule has 1 atom stereocenters. The summed E-state index contributed by atoms with van der Waals surface area (Å²) in [7, 11) is 0. The van der Waals surface area contributed by atoms with Crippen molar-refractivity contribution in [3.05, 3.63) is 60.3 Å². The van der Waals surface area contributed by atoms with Gasteiger partial charge in [-0.2, -0.15) is 0 Å². The second kappa shape index (κ2) is 17.6. The van der Waals surface area contributed by atoms with Crippen molar-refractivity contribution >= 4 is 46.8 Å². The number of amides is 4. The first-order valence-electron chi connectivity index (χ1n) is 20.7. The lowest BCUT2D eigenvalue weighted by molar-refractivity contribution is -0.138. The van der Waals surface area contributed by atoms with Crippen LogP contribution < -0.4 is 25.8 Å². The van der Waals surface area contributed by atoms with Gasteiger partial charge < -0.3 is 25.2 Å². The Morgan fingerprint density at radius 1 is 0.862 bits per heavy atom. The van der Waals surface area contributed by atoms with Crippen molar-refractivity contribution in [3.63, 3.8) is 0 Å². The molecule has 3 aromatic rings. The van der Waals surface area contributed by atoms with Crippen molar-refractivity contribution in [3.8, 4) is 11.3 Å². The van der Waals surface area contributed by atoms with Crippen LogP contribution in [0.3, 0.4) is 0 Å². The number of nitrogens with zero attached hydrogens (tertiary/aromatic N) is 6. The van der Waals surface area contributed by atoms with E-state index in [0.29, 0.717) is 67.2 Å². The second-order valence-electron chi connectivity index (χ2n) is 16.1. The zero-order chi connectivity index (χ0) is 40.2. The third-order valence-corrected chi connectivity index (χ3v) is 12.2. The third-order valence-electron chi connectivity index (χ3n) is 12.2. The number of ether oxygens (including phenoxy) is 1. The minimum atomic E-state index is -0.561. The molecule has 0 radical (unpaired) electrons. The van der Waals surface area contributed by atoms with Gasteiger partial charge in [0.05, 0.1) is 18.5 Å². The molecule has 14 nitrogen and oxygen atoms in total. The molecule has 5 aliphatic rings. The average Bonchev–Trinajstić information content (AvgIpc) is 3.23. The Labute approximate surface area is 336 Å². The summed E-state index contributed by atoms with van der Waals surface area (Å²) in [5.74, 6) is -0.500. The summed E-state index contributed by atoms with van der Waals surface area (Å²) in [4.78, 5) is 66.2. The standard InChI is InChI=1S/C42H51F2N9O5/c43-33-24-31(46-35-10-12-37(54)48-39(35)55)9-11-36(33)51-20-18-50(19-21-51)26-27-13-16-52(17-14-27)40(56)28-5-7-30(8-6-28)47-41-45-25-34(44)38(49-41)29-3-1-4-32(23-29)53-15-2-22-58-42(53)57/h1,3-4,9,11,23-25,27-28,30,35,46H,2,5-8,10,12-22,26H2,(H,45,47,49)(H,48,54,55)/t28-,30-,35?. The van der Waals surface area contributed by atoms with Crippen LogP contribution in [0.1, 0.15) is 57.8 Å². The van der Waals surface area contributed by atoms with Crippen LogP contribution in [-0.4, -0.2) is 115 Å². The van der Waals surface area contributed by atoms with E-state index in [0.717, 1.165) is 77.7 Å². The molecule has 3 N–H and O–H groups in total. The summed E-state index contributed by atoms with van der Waals surface area (Å²) in [5, 5.41) is 8.74. The fourth-order valence-corrected chi connectivity index (χ4v) is 8.93. The third kappa shape index (κ3) is 9.16. The number of piperazine rings is 1. The molecule has 58 heavy (non-hydrogen) atoms. The van der Waals surface area contributed by atoms with Crippen LogP contribution in [0.25, 0.3) is 11.3 Å². The van der Waals surface area contributed by atoms with Gasteiger partial charge in [-0.3, -0.25) is 29.5 Å². The lowest BCUT2D eigenvalue weighted by Crippen LogP contribution is -2.50. The molecule has 1 aromatic heterocycles. The minimum absolute atomic E-state index is 0.0146. The molecule has 1 aliphatic carbocycles. The van der Waals surface area contributed by atoms with E-state index < -0.39 is 18.0 Å². The zero-order valence-electron chi connectivity index (χ0n) is 32.6. The van der Waals surface area contributed by atoms with E-state index in [1.165, 1.54) is 12.3 Å². The number of halogens is 2. The fourth-order valence-electron chi connectivity index (χ4n) is 8.93. The molecule has 4 amide bonds. The smallest absolute Gasteiger partial charge is 0.414 e. The summed E-state index contributed by atoms with van der Waals surface area (Å²) in [5.41, 5.74) is 2.38. The van der Waals surface area contributed by atoms with Gasteiger partial charge in [0.2, 0.25) is 23.7 Å². The molecule has 0 bridgehead atoms.